The Labute approximate surface area is 160 Å². The van der Waals surface area contributed by atoms with Crippen molar-refractivity contribution in [2.24, 2.45) is 0 Å². The number of benzene rings is 1. The van der Waals surface area contributed by atoms with Crippen molar-refractivity contribution in [3.05, 3.63) is 48.4 Å². The lowest BCUT2D eigenvalue weighted by molar-refractivity contribution is -0.919. The van der Waals surface area contributed by atoms with Crippen LogP contribution in [0.5, 0.6) is 5.75 Å². The van der Waals surface area contributed by atoms with E-state index >= 15 is 0 Å². The number of alkyl halides is 3. The van der Waals surface area contributed by atoms with E-state index in [2.05, 4.69) is 15.4 Å². The van der Waals surface area contributed by atoms with E-state index in [0.717, 1.165) is 18.8 Å². The van der Waals surface area contributed by atoms with E-state index in [4.69, 9.17) is 16.6 Å². The van der Waals surface area contributed by atoms with Gasteiger partial charge in [0.05, 0.1) is 25.9 Å². The summed E-state index contributed by atoms with van der Waals surface area (Å²) >= 11 is 5.31. The normalized spacial score (nSPS) is 16.1. The molecule has 0 aliphatic carbocycles. The van der Waals surface area contributed by atoms with Gasteiger partial charge in [-0.05, 0) is 48.6 Å². The fraction of sp³-hybridized carbons (Fsp3) is 0.389. The van der Waals surface area contributed by atoms with Crippen LogP contribution in [0.1, 0.15) is 24.6 Å². The van der Waals surface area contributed by atoms with E-state index in [0.29, 0.717) is 17.3 Å². The van der Waals surface area contributed by atoms with Gasteiger partial charge < -0.3 is 24.7 Å². The molecule has 2 aromatic rings. The lowest BCUT2D eigenvalue weighted by Gasteiger charge is -2.23. The number of likely N-dealkylation sites (tertiary alicyclic amines) is 1. The quantitative estimate of drug-likeness (QED) is 0.651. The fourth-order valence-corrected chi connectivity index (χ4v) is 3.42. The summed E-state index contributed by atoms with van der Waals surface area (Å²) < 4.78 is 46.0. The minimum atomic E-state index is -4.70. The van der Waals surface area contributed by atoms with Crippen molar-refractivity contribution in [1.82, 2.24) is 5.32 Å². The molecule has 0 bridgehead atoms. The van der Waals surface area contributed by atoms with Gasteiger partial charge >= 0.3 is 6.36 Å². The van der Waals surface area contributed by atoms with Crippen molar-refractivity contribution in [2.45, 2.75) is 25.2 Å². The lowest BCUT2D eigenvalue weighted by Crippen LogP contribution is -3.11. The van der Waals surface area contributed by atoms with E-state index in [1.165, 1.54) is 42.0 Å². The molecule has 0 unspecified atom stereocenters. The van der Waals surface area contributed by atoms with Gasteiger partial charge in [-0.2, -0.15) is 0 Å². The summed E-state index contributed by atoms with van der Waals surface area (Å²) in [5.74, 6) is 0.637. The Balaban J connectivity index is 1.53. The van der Waals surface area contributed by atoms with Crippen LogP contribution in [0.2, 0.25) is 0 Å². The van der Waals surface area contributed by atoms with Crippen LogP contribution in [0.15, 0.2) is 47.1 Å². The van der Waals surface area contributed by atoms with Gasteiger partial charge in [-0.15, -0.1) is 13.2 Å². The van der Waals surface area contributed by atoms with E-state index in [9.17, 15) is 13.2 Å². The Hall–Kier alpha value is -2.26. The Bertz CT molecular complexity index is 729. The van der Waals surface area contributed by atoms with Crippen LogP contribution in [0.3, 0.4) is 0 Å². The average molecular weight is 400 g/mol. The number of hydrogen-bond donors (Lipinski definition) is 3. The maximum Gasteiger partial charge on any atom is 0.573 e. The predicted molar refractivity (Wildman–Crippen MR) is 98.7 cm³/mol. The smallest absolute Gasteiger partial charge is 0.463 e. The van der Waals surface area contributed by atoms with Crippen LogP contribution >= 0.6 is 12.2 Å². The summed E-state index contributed by atoms with van der Waals surface area (Å²) in [6, 6.07) is 9.42. The summed E-state index contributed by atoms with van der Waals surface area (Å²) in [5.41, 5.74) is 0.574. The second kappa shape index (κ2) is 8.62. The third-order valence-corrected chi connectivity index (χ3v) is 4.68. The van der Waals surface area contributed by atoms with E-state index in [1.54, 1.807) is 6.26 Å². The molecule has 1 aliphatic rings. The highest BCUT2D eigenvalue weighted by atomic mass is 32.1. The van der Waals surface area contributed by atoms with Crippen molar-refractivity contribution in [3.63, 3.8) is 0 Å². The van der Waals surface area contributed by atoms with E-state index in [-0.39, 0.29) is 11.8 Å². The van der Waals surface area contributed by atoms with Gasteiger partial charge in [-0.25, -0.2) is 0 Å². The molecule has 27 heavy (non-hydrogen) atoms. The van der Waals surface area contributed by atoms with Gasteiger partial charge in [-0.1, -0.05) is 0 Å². The molecule has 1 aliphatic heterocycles. The third-order valence-electron chi connectivity index (χ3n) is 4.44. The van der Waals surface area contributed by atoms with E-state index in [1.807, 2.05) is 12.1 Å². The van der Waals surface area contributed by atoms with Gasteiger partial charge in [0.1, 0.15) is 5.75 Å². The first-order valence-electron chi connectivity index (χ1n) is 8.69. The number of rotatable bonds is 6. The Kier molecular flexibility index (Phi) is 6.22. The molecule has 0 radical (unpaired) electrons. The molecule has 3 N–H and O–H groups in total. The second-order valence-electron chi connectivity index (χ2n) is 6.34. The number of halogens is 3. The van der Waals surface area contributed by atoms with Crippen LogP contribution in [-0.2, 0) is 0 Å². The van der Waals surface area contributed by atoms with Crippen LogP contribution in [0.4, 0.5) is 18.9 Å². The third kappa shape index (κ3) is 5.86. The standard InChI is InChI=1S/C18H20F3N3O2S/c19-18(20,21)26-14-7-5-13(6-8-14)23-17(27)22-12-15(16-4-3-11-25-16)24-9-1-2-10-24/h3-8,11,15H,1-2,9-10,12H2,(H2,22,23,27)/p+1/t15-/m1/s1. The maximum atomic E-state index is 12.2. The highest BCUT2D eigenvalue weighted by molar-refractivity contribution is 7.80. The number of hydrogen-bond acceptors (Lipinski definition) is 3. The molecule has 9 heteroatoms. The molecular formula is C18H21F3N3O2S+. The highest BCUT2D eigenvalue weighted by Crippen LogP contribution is 2.23. The zero-order chi connectivity index (χ0) is 19.3. The molecule has 1 aromatic carbocycles. The molecular weight excluding hydrogens is 379 g/mol. The number of anilines is 1. The van der Waals surface area contributed by atoms with Crippen molar-refractivity contribution in [2.75, 3.05) is 25.0 Å². The van der Waals surface area contributed by atoms with Crippen LogP contribution < -0.4 is 20.3 Å². The second-order valence-corrected chi connectivity index (χ2v) is 6.75. The van der Waals surface area contributed by atoms with Gasteiger partial charge in [0, 0.05) is 18.5 Å². The Morgan fingerprint density at radius 2 is 1.89 bits per heavy atom. The average Bonchev–Trinajstić information content (AvgIpc) is 3.30. The zero-order valence-electron chi connectivity index (χ0n) is 14.5. The summed E-state index contributed by atoms with van der Waals surface area (Å²) in [4.78, 5) is 1.45. The molecule has 0 saturated carbocycles. The van der Waals surface area contributed by atoms with Crippen LogP contribution in [0.25, 0.3) is 0 Å². The van der Waals surface area contributed by atoms with Gasteiger partial charge in [0.15, 0.2) is 16.9 Å². The fourth-order valence-electron chi connectivity index (χ4n) is 3.22. The molecule has 1 aromatic heterocycles. The number of ether oxygens (including phenoxy) is 1. The summed E-state index contributed by atoms with van der Waals surface area (Å²) in [6.07, 6.45) is -0.646. The molecule has 0 amide bonds. The van der Waals surface area contributed by atoms with Gasteiger partial charge in [-0.3, -0.25) is 0 Å². The largest absolute Gasteiger partial charge is 0.573 e. The number of nitrogens with one attached hydrogen (secondary N) is 3. The Morgan fingerprint density at radius 1 is 1.19 bits per heavy atom. The van der Waals surface area contributed by atoms with Crippen LogP contribution in [-0.4, -0.2) is 31.1 Å². The lowest BCUT2D eigenvalue weighted by atomic mass is 10.2. The monoisotopic (exact) mass is 400 g/mol. The maximum absolute atomic E-state index is 12.2. The molecule has 5 nitrogen and oxygen atoms in total. The number of furan rings is 1. The van der Waals surface area contributed by atoms with Crippen molar-refractivity contribution in [3.8, 4) is 5.75 Å². The molecule has 3 rings (SSSR count). The Morgan fingerprint density at radius 3 is 2.48 bits per heavy atom. The number of quaternary nitrogens is 1. The van der Waals surface area contributed by atoms with Crippen molar-refractivity contribution < 1.29 is 27.2 Å². The molecule has 2 heterocycles. The number of thiocarbonyl (C=S) groups is 1. The van der Waals surface area contributed by atoms with Crippen LogP contribution in [0, 0.1) is 0 Å². The molecule has 1 fully saturated rings. The van der Waals surface area contributed by atoms with Crippen molar-refractivity contribution in [1.29, 1.82) is 0 Å². The first-order valence-corrected chi connectivity index (χ1v) is 9.10. The highest BCUT2D eigenvalue weighted by Gasteiger charge is 2.31. The molecule has 0 spiro atoms. The summed E-state index contributed by atoms with van der Waals surface area (Å²) in [6.45, 7) is 2.78. The SMILES string of the molecule is FC(F)(F)Oc1ccc(NC(=S)NC[C@H](c2ccco2)[NH+]2CCCC2)cc1. The summed E-state index contributed by atoms with van der Waals surface area (Å²) in [7, 11) is 0. The first-order chi connectivity index (χ1) is 12.9. The molecule has 1 atom stereocenters. The van der Waals surface area contributed by atoms with E-state index < -0.39 is 6.36 Å². The van der Waals surface area contributed by atoms with Crippen molar-refractivity contribution >= 4 is 23.0 Å². The zero-order valence-corrected chi connectivity index (χ0v) is 15.3. The first kappa shape index (κ1) is 19.5. The van der Waals surface area contributed by atoms with Gasteiger partial charge in [0.2, 0.25) is 0 Å². The topological polar surface area (TPSA) is 50.9 Å². The molecule has 1 saturated heterocycles. The summed E-state index contributed by atoms with van der Waals surface area (Å²) in [5, 5.41) is 6.54. The minimum Gasteiger partial charge on any atom is -0.463 e. The minimum absolute atomic E-state index is 0.157. The van der Waals surface area contributed by atoms with Gasteiger partial charge in [0.25, 0.3) is 0 Å². The predicted octanol–water partition coefficient (Wildman–Crippen LogP) is 2.88. The molecule has 146 valence electrons.